The zero-order chi connectivity index (χ0) is 16.1. The zero-order valence-electron chi connectivity index (χ0n) is 14.6. The number of rotatable bonds is 6. The Kier molecular flexibility index (Phi) is 6.47. The van der Waals surface area contributed by atoms with Crippen molar-refractivity contribution in [3.05, 3.63) is 0 Å². The number of hydrogen-bond donors (Lipinski definition) is 2. The average Bonchev–Trinajstić information content (AvgIpc) is 2.78. The molecule has 0 aliphatic carbocycles. The van der Waals surface area contributed by atoms with E-state index in [9.17, 15) is 4.79 Å². The number of carbonyl (C=O) groups excluding carboxylic acids is 1. The average molecular weight is 299 g/mol. The third-order valence-corrected chi connectivity index (χ3v) is 4.24. The highest BCUT2D eigenvalue weighted by atomic mass is 16.6. The van der Waals surface area contributed by atoms with E-state index in [2.05, 4.69) is 36.4 Å². The van der Waals surface area contributed by atoms with Crippen LogP contribution in [0.15, 0.2) is 0 Å². The molecule has 5 nitrogen and oxygen atoms in total. The second-order valence-electron chi connectivity index (χ2n) is 7.24. The smallest absolute Gasteiger partial charge is 0.408 e. The number of likely N-dealkylation sites (tertiary alicyclic amines) is 1. The van der Waals surface area contributed by atoms with Crippen LogP contribution in [-0.4, -0.2) is 54.9 Å². The second kappa shape index (κ2) is 7.45. The molecule has 0 spiro atoms. The lowest BCUT2D eigenvalue weighted by Gasteiger charge is -2.35. The van der Waals surface area contributed by atoms with Crippen LogP contribution in [0.2, 0.25) is 0 Å². The van der Waals surface area contributed by atoms with Gasteiger partial charge >= 0.3 is 6.09 Å². The summed E-state index contributed by atoms with van der Waals surface area (Å²) in [5.41, 5.74) is -0.692. The minimum absolute atomic E-state index is 0.233. The lowest BCUT2D eigenvalue weighted by Crippen LogP contribution is -2.56. The highest BCUT2D eigenvalue weighted by Crippen LogP contribution is 2.17. The molecule has 0 aromatic rings. The summed E-state index contributed by atoms with van der Waals surface area (Å²) in [6, 6.07) is 0.521. The molecule has 1 aliphatic heterocycles. The molecule has 0 aromatic carbocycles. The molecule has 0 saturated carbocycles. The van der Waals surface area contributed by atoms with Gasteiger partial charge in [0.2, 0.25) is 0 Å². The quantitative estimate of drug-likeness (QED) is 0.790. The van der Waals surface area contributed by atoms with Crippen LogP contribution >= 0.6 is 0 Å². The number of alkyl carbamates (subject to hydrolysis) is 1. The Morgan fingerprint density at radius 1 is 1.29 bits per heavy atom. The van der Waals surface area contributed by atoms with Crippen molar-refractivity contribution in [1.82, 2.24) is 15.5 Å². The summed E-state index contributed by atoms with van der Waals surface area (Å²) in [5, 5.41) is 6.70. The van der Waals surface area contributed by atoms with Crippen LogP contribution < -0.4 is 10.6 Å². The van der Waals surface area contributed by atoms with Crippen LogP contribution in [0.4, 0.5) is 4.79 Å². The maximum Gasteiger partial charge on any atom is 0.408 e. The first-order valence-electron chi connectivity index (χ1n) is 8.13. The number of nitrogens with zero attached hydrogens (tertiary/aromatic N) is 1. The van der Waals surface area contributed by atoms with Crippen molar-refractivity contribution >= 4 is 6.09 Å². The first kappa shape index (κ1) is 18.2. The Morgan fingerprint density at radius 3 is 2.33 bits per heavy atom. The maximum atomic E-state index is 12.1. The van der Waals surface area contributed by atoms with Gasteiger partial charge in [-0.25, -0.2) is 4.79 Å². The van der Waals surface area contributed by atoms with Gasteiger partial charge in [0.15, 0.2) is 0 Å². The molecule has 1 atom stereocenters. The molecule has 0 radical (unpaired) electrons. The van der Waals surface area contributed by atoms with E-state index in [0.717, 1.165) is 32.5 Å². The highest BCUT2D eigenvalue weighted by Gasteiger charge is 2.31. The Hall–Kier alpha value is -0.810. The van der Waals surface area contributed by atoms with Crippen molar-refractivity contribution in [2.75, 3.05) is 26.7 Å². The van der Waals surface area contributed by atoms with Crippen molar-refractivity contribution in [2.45, 2.75) is 71.1 Å². The fourth-order valence-electron chi connectivity index (χ4n) is 2.68. The summed E-state index contributed by atoms with van der Waals surface area (Å²) in [7, 11) is 2.15. The fourth-order valence-corrected chi connectivity index (χ4v) is 2.68. The number of hydrogen-bond acceptors (Lipinski definition) is 4. The first-order valence-corrected chi connectivity index (χ1v) is 8.13. The molecule has 1 unspecified atom stereocenters. The van der Waals surface area contributed by atoms with Crippen LogP contribution in [0.1, 0.15) is 53.9 Å². The van der Waals surface area contributed by atoms with Crippen LogP contribution in [-0.2, 0) is 4.74 Å². The van der Waals surface area contributed by atoms with Crippen molar-refractivity contribution < 1.29 is 9.53 Å². The second-order valence-corrected chi connectivity index (χ2v) is 7.24. The Balaban J connectivity index is 2.54. The Labute approximate surface area is 129 Å². The molecular weight excluding hydrogens is 266 g/mol. The van der Waals surface area contributed by atoms with Gasteiger partial charge in [0.25, 0.3) is 0 Å². The monoisotopic (exact) mass is 299 g/mol. The minimum Gasteiger partial charge on any atom is -0.444 e. The van der Waals surface area contributed by atoms with Crippen molar-refractivity contribution in [2.24, 2.45) is 0 Å². The molecule has 1 aliphatic rings. The largest absolute Gasteiger partial charge is 0.444 e. The van der Waals surface area contributed by atoms with Crippen LogP contribution in [0, 0.1) is 0 Å². The summed E-state index contributed by atoms with van der Waals surface area (Å²) in [5.74, 6) is 0. The minimum atomic E-state index is -0.459. The summed E-state index contributed by atoms with van der Waals surface area (Å²) in [4.78, 5) is 14.4. The van der Waals surface area contributed by atoms with E-state index in [0.29, 0.717) is 6.04 Å². The maximum absolute atomic E-state index is 12.1. The van der Waals surface area contributed by atoms with Crippen LogP contribution in [0.25, 0.3) is 0 Å². The molecule has 1 fully saturated rings. The number of carbonyl (C=O) groups is 1. The molecule has 124 valence electrons. The van der Waals surface area contributed by atoms with Crippen LogP contribution in [0.5, 0.6) is 0 Å². The topological polar surface area (TPSA) is 53.6 Å². The van der Waals surface area contributed by atoms with E-state index in [4.69, 9.17) is 4.74 Å². The molecule has 5 heteroatoms. The van der Waals surface area contributed by atoms with Gasteiger partial charge in [-0.3, -0.25) is 0 Å². The van der Waals surface area contributed by atoms with Gasteiger partial charge in [-0.15, -0.1) is 0 Å². The fraction of sp³-hybridized carbons (Fsp3) is 0.938. The SMILES string of the molecule is CCC(CC)(CNC1CCN(C)C1)NC(=O)OC(C)(C)C. The third kappa shape index (κ3) is 6.22. The molecule has 1 rings (SSSR count). The predicted octanol–water partition coefficient (Wildman–Crippen LogP) is 2.36. The molecule has 1 heterocycles. The molecule has 0 aromatic heterocycles. The van der Waals surface area contributed by atoms with Gasteiger partial charge in [0, 0.05) is 19.1 Å². The van der Waals surface area contributed by atoms with Crippen LogP contribution in [0.3, 0.4) is 0 Å². The lowest BCUT2D eigenvalue weighted by molar-refractivity contribution is 0.0444. The third-order valence-electron chi connectivity index (χ3n) is 4.24. The van der Waals surface area contributed by atoms with Crippen molar-refractivity contribution in [1.29, 1.82) is 0 Å². The standard InChI is InChI=1S/C16H33N3O2/c1-7-16(8-2,18-14(20)21-15(3,4)5)12-17-13-9-10-19(6)11-13/h13,17H,7-12H2,1-6H3,(H,18,20). The van der Waals surface area contributed by atoms with E-state index < -0.39 is 5.60 Å². The molecule has 1 saturated heterocycles. The highest BCUT2D eigenvalue weighted by molar-refractivity contribution is 5.68. The molecule has 1 amide bonds. The van der Waals surface area contributed by atoms with Gasteiger partial charge in [-0.05, 0) is 53.6 Å². The zero-order valence-corrected chi connectivity index (χ0v) is 14.6. The summed E-state index contributed by atoms with van der Waals surface area (Å²) in [6.45, 7) is 12.9. The predicted molar refractivity (Wildman–Crippen MR) is 86.6 cm³/mol. The van der Waals surface area contributed by atoms with E-state index in [1.54, 1.807) is 0 Å². The first-order chi connectivity index (χ1) is 9.69. The van der Waals surface area contributed by atoms with Gasteiger partial charge in [0.1, 0.15) is 5.60 Å². The van der Waals surface area contributed by atoms with E-state index >= 15 is 0 Å². The molecule has 21 heavy (non-hydrogen) atoms. The van der Waals surface area contributed by atoms with E-state index in [1.807, 2.05) is 20.8 Å². The van der Waals surface area contributed by atoms with Gasteiger partial charge in [-0.1, -0.05) is 13.8 Å². The molecular formula is C16H33N3O2. The normalized spacial score (nSPS) is 20.6. The Bertz CT molecular complexity index is 335. The van der Waals surface area contributed by atoms with Crippen molar-refractivity contribution in [3.8, 4) is 0 Å². The van der Waals surface area contributed by atoms with Gasteiger partial charge in [-0.2, -0.15) is 0 Å². The van der Waals surface area contributed by atoms with Gasteiger partial charge in [0.05, 0.1) is 5.54 Å². The lowest BCUT2D eigenvalue weighted by atomic mass is 9.92. The summed E-state index contributed by atoms with van der Waals surface area (Å²) >= 11 is 0. The number of amides is 1. The van der Waals surface area contributed by atoms with Crippen molar-refractivity contribution in [3.63, 3.8) is 0 Å². The summed E-state index contributed by atoms with van der Waals surface area (Å²) in [6.07, 6.45) is 2.62. The number of nitrogens with one attached hydrogen (secondary N) is 2. The Morgan fingerprint density at radius 2 is 1.90 bits per heavy atom. The molecule has 2 N–H and O–H groups in total. The number of likely N-dealkylation sites (N-methyl/N-ethyl adjacent to an activating group) is 1. The van der Waals surface area contributed by atoms with Gasteiger partial charge < -0.3 is 20.3 Å². The number of ether oxygens (including phenoxy) is 1. The summed E-state index contributed by atoms with van der Waals surface area (Å²) < 4.78 is 5.40. The molecule has 0 bridgehead atoms. The van der Waals surface area contributed by atoms with E-state index in [1.165, 1.54) is 6.42 Å². The van der Waals surface area contributed by atoms with E-state index in [-0.39, 0.29) is 11.6 Å².